The number of aliphatic imine (C=N–C) groups is 1. The van der Waals surface area contributed by atoms with E-state index in [9.17, 15) is 9.59 Å². The Kier molecular flexibility index (Phi) is 5.62. The SMILES string of the molecule is CC1=NC2=C(C(=O)C[C@@H](c3ccccc3)C2)[C@@H](c2cccnc2)C1C(=O)OC(C)C. The van der Waals surface area contributed by atoms with Gasteiger partial charge in [0, 0.05) is 41.7 Å². The van der Waals surface area contributed by atoms with Crippen molar-refractivity contribution >= 4 is 17.5 Å². The van der Waals surface area contributed by atoms with Crippen LogP contribution >= 0.6 is 0 Å². The second-order valence-corrected chi connectivity index (χ2v) is 8.28. The summed E-state index contributed by atoms with van der Waals surface area (Å²) in [6, 6.07) is 13.8. The number of carbonyl (C=O) groups is 2. The minimum atomic E-state index is -0.618. The summed E-state index contributed by atoms with van der Waals surface area (Å²) < 4.78 is 5.54. The summed E-state index contributed by atoms with van der Waals surface area (Å²) in [7, 11) is 0. The van der Waals surface area contributed by atoms with Crippen LogP contribution in [0.2, 0.25) is 0 Å². The highest BCUT2D eigenvalue weighted by atomic mass is 16.5. The molecular weight excluding hydrogens is 376 g/mol. The van der Waals surface area contributed by atoms with Crippen molar-refractivity contribution in [2.24, 2.45) is 10.9 Å². The number of ether oxygens (including phenoxy) is 1. The molecule has 0 saturated heterocycles. The third-order valence-electron chi connectivity index (χ3n) is 5.81. The highest BCUT2D eigenvalue weighted by Crippen LogP contribution is 2.46. The molecule has 0 spiro atoms. The van der Waals surface area contributed by atoms with E-state index in [-0.39, 0.29) is 23.8 Å². The standard InChI is InChI=1S/C25H26N2O3/c1-15(2)30-25(29)22-16(3)27-20-12-19(17-8-5-4-6-9-17)13-21(28)24(20)23(22)18-10-7-11-26-14-18/h4-11,14-15,19,22-23H,12-13H2,1-3H3/t19-,22?,23-/m0/s1. The molecule has 2 aromatic rings. The van der Waals surface area contributed by atoms with Gasteiger partial charge in [0.15, 0.2) is 5.78 Å². The van der Waals surface area contributed by atoms with E-state index < -0.39 is 11.8 Å². The molecule has 3 atom stereocenters. The molecule has 0 radical (unpaired) electrons. The summed E-state index contributed by atoms with van der Waals surface area (Å²) in [6.45, 7) is 5.51. The van der Waals surface area contributed by atoms with Gasteiger partial charge in [-0.05, 0) is 50.3 Å². The Bertz CT molecular complexity index is 1010. The lowest BCUT2D eigenvalue weighted by Gasteiger charge is -2.36. The van der Waals surface area contributed by atoms with Gasteiger partial charge < -0.3 is 4.74 Å². The van der Waals surface area contributed by atoms with Crippen LogP contribution in [0.25, 0.3) is 0 Å². The summed E-state index contributed by atoms with van der Waals surface area (Å²) in [5.74, 6) is -1.22. The minimum absolute atomic E-state index is 0.0533. The molecule has 1 unspecified atom stereocenters. The number of allylic oxidation sites excluding steroid dienone is 2. The summed E-state index contributed by atoms with van der Waals surface area (Å²) in [5, 5.41) is 0. The van der Waals surface area contributed by atoms with Gasteiger partial charge >= 0.3 is 5.97 Å². The van der Waals surface area contributed by atoms with Gasteiger partial charge in [0.05, 0.1) is 6.10 Å². The Morgan fingerprint density at radius 1 is 1.07 bits per heavy atom. The van der Waals surface area contributed by atoms with Crippen molar-refractivity contribution in [2.75, 3.05) is 0 Å². The van der Waals surface area contributed by atoms with Crippen LogP contribution in [0.4, 0.5) is 0 Å². The molecule has 0 amide bonds. The molecule has 2 aliphatic rings. The van der Waals surface area contributed by atoms with Crippen LogP contribution in [0.1, 0.15) is 56.6 Å². The Labute approximate surface area is 176 Å². The molecule has 0 fully saturated rings. The molecule has 5 nitrogen and oxygen atoms in total. The molecule has 1 aliphatic carbocycles. The number of ketones is 1. The lowest BCUT2D eigenvalue weighted by molar-refractivity contribution is -0.150. The molecule has 5 heteroatoms. The van der Waals surface area contributed by atoms with Crippen LogP contribution in [0.5, 0.6) is 0 Å². The van der Waals surface area contributed by atoms with E-state index in [0.717, 1.165) is 16.8 Å². The van der Waals surface area contributed by atoms with Crippen molar-refractivity contribution in [3.63, 3.8) is 0 Å². The lowest BCUT2D eigenvalue weighted by Crippen LogP contribution is -2.38. The molecule has 1 aliphatic heterocycles. The van der Waals surface area contributed by atoms with E-state index >= 15 is 0 Å². The molecule has 154 valence electrons. The van der Waals surface area contributed by atoms with Gasteiger partial charge in [-0.2, -0.15) is 0 Å². The minimum Gasteiger partial charge on any atom is -0.462 e. The molecule has 4 rings (SSSR count). The van der Waals surface area contributed by atoms with Crippen molar-refractivity contribution in [1.82, 2.24) is 4.98 Å². The Balaban J connectivity index is 1.78. The molecule has 0 N–H and O–H groups in total. The number of hydrogen-bond acceptors (Lipinski definition) is 5. The first-order valence-corrected chi connectivity index (χ1v) is 10.4. The van der Waals surface area contributed by atoms with E-state index in [2.05, 4.69) is 17.1 Å². The maximum absolute atomic E-state index is 13.4. The number of aromatic nitrogens is 1. The van der Waals surface area contributed by atoms with Gasteiger partial charge in [0.1, 0.15) is 5.92 Å². The maximum atomic E-state index is 13.4. The van der Waals surface area contributed by atoms with Crippen molar-refractivity contribution in [2.45, 2.75) is 51.6 Å². The van der Waals surface area contributed by atoms with Crippen molar-refractivity contribution in [1.29, 1.82) is 0 Å². The van der Waals surface area contributed by atoms with Gasteiger partial charge in [0.25, 0.3) is 0 Å². The van der Waals surface area contributed by atoms with Crippen LogP contribution in [0, 0.1) is 5.92 Å². The zero-order valence-corrected chi connectivity index (χ0v) is 17.5. The van der Waals surface area contributed by atoms with E-state index in [1.165, 1.54) is 0 Å². The van der Waals surface area contributed by atoms with E-state index in [1.807, 2.05) is 51.1 Å². The van der Waals surface area contributed by atoms with E-state index in [4.69, 9.17) is 9.73 Å². The number of hydrogen-bond donors (Lipinski definition) is 0. The van der Waals surface area contributed by atoms with Gasteiger partial charge in [-0.1, -0.05) is 36.4 Å². The van der Waals surface area contributed by atoms with Crippen LogP contribution in [0.15, 0.2) is 71.1 Å². The number of rotatable bonds is 4. The second kappa shape index (κ2) is 8.34. The predicted molar refractivity (Wildman–Crippen MR) is 115 cm³/mol. The van der Waals surface area contributed by atoms with Crippen LogP contribution in [0.3, 0.4) is 0 Å². The Morgan fingerprint density at radius 2 is 1.80 bits per heavy atom. The quantitative estimate of drug-likeness (QED) is 0.701. The first-order valence-electron chi connectivity index (χ1n) is 10.4. The molecule has 1 aromatic carbocycles. The maximum Gasteiger partial charge on any atom is 0.315 e. The number of pyridine rings is 1. The van der Waals surface area contributed by atoms with Gasteiger partial charge in [-0.25, -0.2) is 0 Å². The average Bonchev–Trinajstić information content (AvgIpc) is 2.73. The molecule has 1 aromatic heterocycles. The first kappa shape index (κ1) is 20.2. The molecular formula is C25H26N2O3. The topological polar surface area (TPSA) is 68.6 Å². The van der Waals surface area contributed by atoms with Gasteiger partial charge in [-0.3, -0.25) is 19.6 Å². The highest BCUT2D eigenvalue weighted by Gasteiger charge is 2.45. The summed E-state index contributed by atoms with van der Waals surface area (Å²) in [6.07, 6.45) is 4.29. The highest BCUT2D eigenvalue weighted by molar-refractivity contribution is 6.09. The smallest absolute Gasteiger partial charge is 0.315 e. The monoisotopic (exact) mass is 402 g/mol. The first-order chi connectivity index (χ1) is 14.5. The van der Waals surface area contributed by atoms with Gasteiger partial charge in [0.2, 0.25) is 0 Å². The van der Waals surface area contributed by atoms with Crippen LogP contribution in [-0.4, -0.2) is 28.6 Å². The summed E-state index contributed by atoms with van der Waals surface area (Å²) in [5.41, 5.74) is 4.11. The lowest BCUT2D eigenvalue weighted by atomic mass is 9.69. The Morgan fingerprint density at radius 3 is 2.47 bits per heavy atom. The zero-order valence-electron chi connectivity index (χ0n) is 17.5. The van der Waals surface area contributed by atoms with E-state index in [1.54, 1.807) is 12.4 Å². The third kappa shape index (κ3) is 3.84. The largest absolute Gasteiger partial charge is 0.462 e. The predicted octanol–water partition coefficient (Wildman–Crippen LogP) is 4.61. The van der Waals surface area contributed by atoms with Crippen LogP contribution in [-0.2, 0) is 14.3 Å². The van der Waals surface area contributed by atoms with Gasteiger partial charge in [-0.15, -0.1) is 0 Å². The number of carbonyl (C=O) groups excluding carboxylic acids is 2. The molecule has 0 saturated carbocycles. The van der Waals surface area contributed by atoms with E-state index in [0.29, 0.717) is 24.1 Å². The molecule has 30 heavy (non-hydrogen) atoms. The van der Waals surface area contributed by atoms with Crippen molar-refractivity contribution in [3.05, 3.63) is 77.3 Å². The second-order valence-electron chi connectivity index (χ2n) is 8.28. The fourth-order valence-electron chi connectivity index (χ4n) is 4.55. The normalized spacial score (nSPS) is 23.8. The zero-order chi connectivity index (χ0) is 21.3. The fraction of sp³-hybridized carbons (Fsp3) is 0.360. The summed E-state index contributed by atoms with van der Waals surface area (Å²) in [4.78, 5) is 35.4. The van der Waals surface area contributed by atoms with Crippen molar-refractivity contribution in [3.8, 4) is 0 Å². The molecule has 0 bridgehead atoms. The number of esters is 1. The average molecular weight is 402 g/mol. The summed E-state index contributed by atoms with van der Waals surface area (Å²) >= 11 is 0. The Hall–Kier alpha value is -3.08. The van der Waals surface area contributed by atoms with Crippen molar-refractivity contribution < 1.29 is 14.3 Å². The number of Topliss-reactive ketones (excluding diaryl/α,β-unsaturated/α-hetero) is 1. The third-order valence-corrected chi connectivity index (χ3v) is 5.81. The number of nitrogens with zero attached hydrogens (tertiary/aromatic N) is 2. The fourth-order valence-corrected chi connectivity index (χ4v) is 4.55. The molecule has 2 heterocycles. The number of benzene rings is 1. The van der Waals surface area contributed by atoms with Crippen LogP contribution < -0.4 is 0 Å².